The van der Waals surface area contributed by atoms with E-state index in [1.54, 1.807) is 12.4 Å². The summed E-state index contributed by atoms with van der Waals surface area (Å²) in [6.07, 6.45) is 6.86. The Morgan fingerprint density at radius 2 is 2.44 bits per heavy atom. The molecule has 0 amide bonds. The van der Waals surface area contributed by atoms with E-state index in [1.165, 1.54) is 0 Å². The smallest absolute Gasteiger partial charge is 0.456 e. The molecule has 9 heavy (non-hydrogen) atoms. The first-order valence-corrected chi connectivity index (χ1v) is 2.60. The summed E-state index contributed by atoms with van der Waals surface area (Å²) in [6, 6.07) is 0. The van der Waals surface area contributed by atoms with Gasteiger partial charge in [-0.2, -0.15) is 0 Å². The molecule has 0 bridgehead atoms. The first-order valence-electron chi connectivity index (χ1n) is 2.60. The summed E-state index contributed by atoms with van der Waals surface area (Å²) in [6.45, 7) is 2.05. The standard InChI is InChI=1S/C6H7N2.Y/c1-2-6-5-7-3-4-8-6;/h4-5H,2H2,1H3;/q-1;+3. The number of aromatic nitrogens is 2. The van der Waals surface area contributed by atoms with Crippen molar-refractivity contribution >= 4 is 0 Å². The Hall–Kier alpha value is 0.184. The fourth-order valence-electron chi connectivity index (χ4n) is 0.473. The molecule has 3 heteroatoms. The van der Waals surface area contributed by atoms with Gasteiger partial charge < -0.3 is 4.98 Å². The predicted molar refractivity (Wildman–Crippen MR) is 30.2 cm³/mol. The molecule has 0 aliphatic heterocycles. The molecule has 42 valence electrons. The Morgan fingerprint density at radius 3 is 2.78 bits per heavy atom. The Bertz CT molecular complexity index is 152. The van der Waals surface area contributed by atoms with Crippen molar-refractivity contribution in [1.29, 1.82) is 0 Å². The van der Waals surface area contributed by atoms with Crippen molar-refractivity contribution in [2.24, 2.45) is 0 Å². The average Bonchev–Trinajstić information content (AvgIpc) is 1.90. The van der Waals surface area contributed by atoms with Crippen molar-refractivity contribution < 1.29 is 32.7 Å². The van der Waals surface area contributed by atoms with Crippen LogP contribution < -0.4 is 0 Å². The number of hydrogen-bond donors (Lipinski definition) is 0. The van der Waals surface area contributed by atoms with E-state index in [-0.39, 0.29) is 32.7 Å². The van der Waals surface area contributed by atoms with E-state index < -0.39 is 0 Å². The Kier molecular flexibility index (Phi) is 5.11. The van der Waals surface area contributed by atoms with Crippen LogP contribution in [0, 0.1) is 6.20 Å². The van der Waals surface area contributed by atoms with Gasteiger partial charge in [-0.25, -0.2) is 0 Å². The zero-order valence-electron chi connectivity index (χ0n) is 5.33. The van der Waals surface area contributed by atoms with Gasteiger partial charge in [0, 0.05) is 0 Å². The minimum atomic E-state index is 0. The Morgan fingerprint density at radius 1 is 1.67 bits per heavy atom. The molecule has 0 aliphatic carbocycles. The molecule has 0 aliphatic rings. The molecule has 2 nitrogen and oxygen atoms in total. The maximum absolute atomic E-state index is 3.98. The van der Waals surface area contributed by atoms with Crippen molar-refractivity contribution in [1.82, 2.24) is 9.97 Å². The maximum atomic E-state index is 3.98. The van der Waals surface area contributed by atoms with Crippen LogP contribution in [0.1, 0.15) is 12.6 Å². The Labute approximate surface area is 80.0 Å². The number of aryl methyl sites for hydroxylation is 1. The van der Waals surface area contributed by atoms with Crippen molar-refractivity contribution in [2.45, 2.75) is 13.3 Å². The largest absolute Gasteiger partial charge is 3.00 e. The summed E-state index contributed by atoms with van der Waals surface area (Å²) in [4.78, 5) is 7.75. The summed E-state index contributed by atoms with van der Waals surface area (Å²) >= 11 is 0. The zero-order chi connectivity index (χ0) is 5.82. The topological polar surface area (TPSA) is 25.8 Å². The second-order valence-electron chi connectivity index (χ2n) is 1.49. The van der Waals surface area contributed by atoms with Crippen LogP contribution in [0.2, 0.25) is 0 Å². The molecule has 0 aromatic carbocycles. The first kappa shape index (κ1) is 9.18. The molecule has 0 radical (unpaired) electrons. The third-order valence-corrected chi connectivity index (χ3v) is 0.938. The van der Waals surface area contributed by atoms with E-state index in [4.69, 9.17) is 0 Å². The monoisotopic (exact) mass is 196 g/mol. The predicted octanol–water partition coefficient (Wildman–Crippen LogP) is 0.837. The summed E-state index contributed by atoms with van der Waals surface area (Å²) in [5.41, 5.74) is 1.02. The van der Waals surface area contributed by atoms with Crippen LogP contribution in [0.5, 0.6) is 0 Å². The van der Waals surface area contributed by atoms with E-state index in [1.807, 2.05) is 6.92 Å². The third kappa shape index (κ3) is 3.02. The molecule has 0 saturated carbocycles. The van der Waals surface area contributed by atoms with Crippen molar-refractivity contribution in [3.8, 4) is 0 Å². The van der Waals surface area contributed by atoms with Crippen LogP contribution in [-0.4, -0.2) is 9.97 Å². The molecule has 1 heterocycles. The fourth-order valence-corrected chi connectivity index (χ4v) is 0.473. The van der Waals surface area contributed by atoms with Crippen LogP contribution in [0.25, 0.3) is 0 Å². The third-order valence-electron chi connectivity index (χ3n) is 0.938. The van der Waals surface area contributed by atoms with E-state index in [0.717, 1.165) is 12.1 Å². The van der Waals surface area contributed by atoms with Gasteiger partial charge in [0.2, 0.25) is 0 Å². The van der Waals surface area contributed by atoms with Crippen LogP contribution in [-0.2, 0) is 39.1 Å². The van der Waals surface area contributed by atoms with Gasteiger partial charge in [0.15, 0.2) is 0 Å². The van der Waals surface area contributed by atoms with Gasteiger partial charge in [-0.3, -0.25) is 4.98 Å². The summed E-state index contributed by atoms with van der Waals surface area (Å²) in [7, 11) is 0. The van der Waals surface area contributed by atoms with E-state index in [2.05, 4.69) is 16.2 Å². The minimum Gasteiger partial charge on any atom is -0.456 e. The fraction of sp³-hybridized carbons (Fsp3) is 0.333. The van der Waals surface area contributed by atoms with Crippen LogP contribution in [0.4, 0.5) is 0 Å². The maximum Gasteiger partial charge on any atom is 3.00 e. The van der Waals surface area contributed by atoms with E-state index in [0.29, 0.717) is 0 Å². The van der Waals surface area contributed by atoms with Crippen molar-refractivity contribution in [3.05, 3.63) is 24.3 Å². The SMILES string of the molecule is CCc1cn[c-]cn1.[Y+3]. The minimum absolute atomic E-state index is 0. The molecule has 0 fully saturated rings. The molecule has 0 N–H and O–H groups in total. The van der Waals surface area contributed by atoms with E-state index >= 15 is 0 Å². The second kappa shape index (κ2) is 5.01. The molecular formula is C6H7N2Y+2. The van der Waals surface area contributed by atoms with Gasteiger partial charge in [-0.1, -0.05) is 6.92 Å². The van der Waals surface area contributed by atoms with Crippen molar-refractivity contribution in [2.75, 3.05) is 0 Å². The molecule has 0 spiro atoms. The average molecular weight is 196 g/mol. The molecule has 1 aromatic heterocycles. The summed E-state index contributed by atoms with van der Waals surface area (Å²) in [5, 5.41) is 0. The first-order chi connectivity index (χ1) is 3.93. The second-order valence-corrected chi connectivity index (χ2v) is 1.49. The van der Waals surface area contributed by atoms with Gasteiger partial charge in [-0.15, -0.1) is 12.4 Å². The molecular weight excluding hydrogens is 189 g/mol. The van der Waals surface area contributed by atoms with Gasteiger partial charge in [0.05, 0.1) is 0 Å². The van der Waals surface area contributed by atoms with Gasteiger partial charge in [0.25, 0.3) is 0 Å². The normalized spacial score (nSPS) is 8.11. The summed E-state index contributed by atoms with van der Waals surface area (Å²) < 4.78 is 0. The van der Waals surface area contributed by atoms with Crippen LogP contribution >= 0.6 is 0 Å². The van der Waals surface area contributed by atoms with Crippen LogP contribution in [0.15, 0.2) is 12.4 Å². The molecule has 1 rings (SSSR count). The van der Waals surface area contributed by atoms with E-state index in [9.17, 15) is 0 Å². The summed E-state index contributed by atoms with van der Waals surface area (Å²) in [5.74, 6) is 0. The van der Waals surface area contributed by atoms with Gasteiger partial charge >= 0.3 is 32.7 Å². The molecule has 0 atom stereocenters. The zero-order valence-corrected chi connectivity index (χ0v) is 8.17. The quantitative estimate of drug-likeness (QED) is 0.622. The molecule has 1 aromatic rings. The van der Waals surface area contributed by atoms with Gasteiger partial charge in [0.1, 0.15) is 0 Å². The van der Waals surface area contributed by atoms with Crippen molar-refractivity contribution in [3.63, 3.8) is 0 Å². The number of nitrogens with zero attached hydrogens (tertiary/aromatic N) is 2. The van der Waals surface area contributed by atoms with Gasteiger partial charge in [-0.05, 0) is 18.3 Å². The number of hydrogen-bond acceptors (Lipinski definition) is 2. The molecule has 0 saturated heterocycles. The van der Waals surface area contributed by atoms with Crippen LogP contribution in [0.3, 0.4) is 0 Å². The number of rotatable bonds is 1. The molecule has 0 unspecified atom stereocenters. The Balaban J connectivity index is 0.000000640.